The second-order valence-electron chi connectivity index (χ2n) is 5.36. The second kappa shape index (κ2) is 6.78. The van der Waals surface area contributed by atoms with E-state index in [1.54, 1.807) is 30.2 Å². The van der Waals surface area contributed by atoms with Gasteiger partial charge in [0, 0.05) is 19.2 Å². The van der Waals surface area contributed by atoms with Crippen LogP contribution in [-0.4, -0.2) is 73.9 Å². The molecule has 0 bridgehead atoms. The third kappa shape index (κ3) is 3.86. The van der Waals surface area contributed by atoms with Gasteiger partial charge in [-0.3, -0.25) is 4.79 Å². The van der Waals surface area contributed by atoms with Gasteiger partial charge in [0.2, 0.25) is 0 Å². The second-order valence-corrected chi connectivity index (χ2v) is 5.36. The highest BCUT2D eigenvalue weighted by Gasteiger charge is 2.35. The Balaban J connectivity index is 1.87. The van der Waals surface area contributed by atoms with Gasteiger partial charge in [0.25, 0.3) is 5.91 Å². The molecule has 0 spiro atoms. The standard InChI is InChI=1S/C15H22N2O4/c1-16(2)13-8-17(9-14(13)18)15(19)10-21-12-6-4-5-11(7-12)20-3/h4-7,13-14,18H,8-10H2,1-3H3/t13-,14-/m0/s1. The summed E-state index contributed by atoms with van der Waals surface area (Å²) in [7, 11) is 5.38. The van der Waals surface area contributed by atoms with E-state index in [1.165, 1.54) is 0 Å². The monoisotopic (exact) mass is 294 g/mol. The van der Waals surface area contributed by atoms with E-state index in [1.807, 2.05) is 25.1 Å². The van der Waals surface area contributed by atoms with E-state index in [0.29, 0.717) is 24.6 Å². The number of amides is 1. The van der Waals surface area contributed by atoms with Crippen molar-refractivity contribution in [2.24, 2.45) is 0 Å². The van der Waals surface area contributed by atoms with Gasteiger partial charge in [-0.2, -0.15) is 0 Å². The van der Waals surface area contributed by atoms with Gasteiger partial charge in [-0.1, -0.05) is 6.07 Å². The van der Waals surface area contributed by atoms with Gasteiger partial charge in [-0.15, -0.1) is 0 Å². The van der Waals surface area contributed by atoms with Crippen LogP contribution in [0.1, 0.15) is 0 Å². The van der Waals surface area contributed by atoms with Gasteiger partial charge >= 0.3 is 0 Å². The largest absolute Gasteiger partial charge is 0.497 e. The lowest BCUT2D eigenvalue weighted by Gasteiger charge is -2.21. The molecule has 0 radical (unpaired) electrons. The average molecular weight is 294 g/mol. The quantitative estimate of drug-likeness (QED) is 0.841. The number of hydrogen-bond donors (Lipinski definition) is 1. The fourth-order valence-electron chi connectivity index (χ4n) is 2.41. The molecule has 1 aliphatic heterocycles. The normalized spacial score (nSPS) is 21.7. The van der Waals surface area contributed by atoms with Crippen LogP contribution in [-0.2, 0) is 4.79 Å². The summed E-state index contributed by atoms with van der Waals surface area (Å²) in [5.74, 6) is 1.15. The molecule has 6 heteroatoms. The molecule has 0 aliphatic carbocycles. The summed E-state index contributed by atoms with van der Waals surface area (Å²) in [6, 6.07) is 7.10. The topological polar surface area (TPSA) is 62.2 Å². The molecule has 1 aromatic rings. The molecule has 1 saturated heterocycles. The molecule has 1 N–H and O–H groups in total. The van der Waals surface area contributed by atoms with Crippen LogP contribution in [0.25, 0.3) is 0 Å². The maximum absolute atomic E-state index is 12.1. The van der Waals surface area contributed by atoms with Crippen molar-refractivity contribution in [3.8, 4) is 11.5 Å². The fourth-order valence-corrected chi connectivity index (χ4v) is 2.41. The summed E-state index contributed by atoms with van der Waals surface area (Å²) < 4.78 is 10.6. The maximum atomic E-state index is 12.1. The van der Waals surface area contributed by atoms with Gasteiger partial charge in [0.15, 0.2) is 6.61 Å². The number of hydrogen-bond acceptors (Lipinski definition) is 5. The van der Waals surface area contributed by atoms with E-state index in [4.69, 9.17) is 9.47 Å². The SMILES string of the molecule is COc1cccc(OCC(=O)N2C[C@H](O)[C@@H](N(C)C)C2)c1. The molecule has 1 aliphatic rings. The molecule has 21 heavy (non-hydrogen) atoms. The number of carbonyl (C=O) groups excluding carboxylic acids is 1. The number of likely N-dealkylation sites (tertiary alicyclic amines) is 1. The van der Waals surface area contributed by atoms with Crippen molar-refractivity contribution in [1.29, 1.82) is 0 Å². The first kappa shape index (κ1) is 15.6. The highest BCUT2D eigenvalue weighted by atomic mass is 16.5. The maximum Gasteiger partial charge on any atom is 0.260 e. The third-order valence-electron chi connectivity index (χ3n) is 3.68. The molecule has 6 nitrogen and oxygen atoms in total. The Labute approximate surface area is 124 Å². The Kier molecular flexibility index (Phi) is 5.03. The summed E-state index contributed by atoms with van der Waals surface area (Å²) in [5, 5.41) is 9.94. The van der Waals surface area contributed by atoms with Crippen molar-refractivity contribution >= 4 is 5.91 Å². The average Bonchev–Trinajstić information content (AvgIpc) is 2.87. The van der Waals surface area contributed by atoms with Crippen molar-refractivity contribution in [2.45, 2.75) is 12.1 Å². The molecular formula is C15H22N2O4. The number of β-amino-alcohol motifs (C(OH)–C–C–N with tert-alkyl or cyclic N) is 1. The Morgan fingerprint density at radius 3 is 2.71 bits per heavy atom. The smallest absolute Gasteiger partial charge is 0.260 e. The minimum Gasteiger partial charge on any atom is -0.497 e. The minimum absolute atomic E-state index is 0.0224. The Hall–Kier alpha value is -1.79. The molecule has 0 unspecified atom stereocenters. The van der Waals surface area contributed by atoms with Crippen molar-refractivity contribution in [2.75, 3.05) is 40.9 Å². The van der Waals surface area contributed by atoms with Crippen LogP contribution in [0.5, 0.6) is 11.5 Å². The van der Waals surface area contributed by atoms with E-state index in [9.17, 15) is 9.90 Å². The van der Waals surface area contributed by atoms with Crippen molar-refractivity contribution < 1.29 is 19.4 Å². The van der Waals surface area contributed by atoms with Crippen LogP contribution in [0.4, 0.5) is 0 Å². The Bertz CT molecular complexity index is 492. The van der Waals surface area contributed by atoms with Crippen molar-refractivity contribution in [1.82, 2.24) is 9.80 Å². The lowest BCUT2D eigenvalue weighted by Crippen LogP contribution is -2.38. The lowest BCUT2D eigenvalue weighted by molar-refractivity contribution is -0.132. The lowest BCUT2D eigenvalue weighted by atomic mass is 10.2. The summed E-state index contributed by atoms with van der Waals surface area (Å²) in [6.07, 6.45) is -0.513. The molecule has 1 fully saturated rings. The number of methoxy groups -OCH3 is 1. The van der Waals surface area contributed by atoms with Crippen LogP contribution in [0.3, 0.4) is 0 Å². The number of nitrogens with zero attached hydrogens (tertiary/aromatic N) is 2. The van der Waals surface area contributed by atoms with Gasteiger partial charge in [-0.05, 0) is 26.2 Å². The van der Waals surface area contributed by atoms with E-state index < -0.39 is 6.10 Å². The number of carbonyl (C=O) groups is 1. The predicted octanol–water partition coefficient (Wildman–Crippen LogP) is 0.207. The minimum atomic E-state index is -0.513. The van der Waals surface area contributed by atoms with E-state index in [-0.39, 0.29) is 18.6 Å². The Morgan fingerprint density at radius 2 is 2.10 bits per heavy atom. The zero-order valence-electron chi connectivity index (χ0n) is 12.7. The van der Waals surface area contributed by atoms with Crippen molar-refractivity contribution in [3.05, 3.63) is 24.3 Å². The van der Waals surface area contributed by atoms with Gasteiger partial charge in [-0.25, -0.2) is 0 Å². The molecule has 2 rings (SSSR count). The summed E-state index contributed by atoms with van der Waals surface area (Å²) in [4.78, 5) is 15.7. The first-order chi connectivity index (χ1) is 10.0. The van der Waals surface area contributed by atoms with E-state index in [0.717, 1.165) is 0 Å². The highest BCUT2D eigenvalue weighted by Crippen LogP contribution is 2.19. The van der Waals surface area contributed by atoms with Gasteiger partial charge < -0.3 is 24.4 Å². The number of aliphatic hydroxyl groups is 1. The van der Waals surface area contributed by atoms with Crippen LogP contribution in [0.15, 0.2) is 24.3 Å². The molecule has 2 atom stereocenters. The molecule has 0 saturated carbocycles. The van der Waals surface area contributed by atoms with Crippen LogP contribution >= 0.6 is 0 Å². The van der Waals surface area contributed by atoms with Crippen molar-refractivity contribution in [3.63, 3.8) is 0 Å². The fraction of sp³-hybridized carbons (Fsp3) is 0.533. The zero-order chi connectivity index (χ0) is 15.4. The predicted molar refractivity (Wildman–Crippen MR) is 78.6 cm³/mol. The molecule has 1 amide bonds. The summed E-state index contributed by atoms with van der Waals surface area (Å²) in [6.45, 7) is 0.831. The van der Waals surface area contributed by atoms with Crippen LogP contribution in [0.2, 0.25) is 0 Å². The number of aliphatic hydroxyl groups excluding tert-OH is 1. The molecule has 116 valence electrons. The Morgan fingerprint density at radius 1 is 1.38 bits per heavy atom. The van der Waals surface area contributed by atoms with E-state index >= 15 is 0 Å². The number of ether oxygens (including phenoxy) is 2. The summed E-state index contributed by atoms with van der Waals surface area (Å²) in [5.41, 5.74) is 0. The van der Waals surface area contributed by atoms with Crippen LogP contribution < -0.4 is 9.47 Å². The zero-order valence-corrected chi connectivity index (χ0v) is 12.7. The first-order valence-electron chi connectivity index (χ1n) is 6.90. The molecule has 1 heterocycles. The summed E-state index contributed by atoms with van der Waals surface area (Å²) >= 11 is 0. The molecule has 1 aromatic carbocycles. The number of benzene rings is 1. The number of rotatable bonds is 5. The molecule has 0 aromatic heterocycles. The highest BCUT2D eigenvalue weighted by molar-refractivity contribution is 5.78. The van der Waals surface area contributed by atoms with Gasteiger partial charge in [0.05, 0.1) is 19.3 Å². The first-order valence-corrected chi connectivity index (χ1v) is 6.90. The van der Waals surface area contributed by atoms with Gasteiger partial charge in [0.1, 0.15) is 11.5 Å². The third-order valence-corrected chi connectivity index (χ3v) is 3.68. The number of likely N-dealkylation sites (N-methyl/N-ethyl adjacent to an activating group) is 1. The van der Waals surface area contributed by atoms with E-state index in [2.05, 4.69) is 0 Å². The van der Waals surface area contributed by atoms with Crippen LogP contribution in [0, 0.1) is 0 Å². The molecular weight excluding hydrogens is 272 g/mol.